The monoisotopic (exact) mass is 308 g/mol. The molecule has 0 fully saturated rings. The molecule has 1 amide bonds. The van der Waals surface area contributed by atoms with Gasteiger partial charge in [-0.25, -0.2) is 0 Å². The molecule has 1 aliphatic carbocycles. The number of aryl methyl sites for hydroxylation is 1. The van der Waals surface area contributed by atoms with Crippen LogP contribution in [0.5, 0.6) is 0 Å². The number of hydrogen-bond acceptors (Lipinski definition) is 4. The van der Waals surface area contributed by atoms with Crippen molar-refractivity contribution in [2.24, 2.45) is 11.1 Å². The molecule has 0 saturated carbocycles. The van der Waals surface area contributed by atoms with Crippen LogP contribution in [0, 0.1) is 5.92 Å². The lowest BCUT2D eigenvalue weighted by Gasteiger charge is -2.35. The van der Waals surface area contributed by atoms with Crippen LogP contribution >= 0.6 is 0 Å². The molecule has 0 spiro atoms. The highest BCUT2D eigenvalue weighted by atomic mass is 16.4. The molecule has 3 N–H and O–H groups in total. The Hall–Kier alpha value is -2.66. The van der Waals surface area contributed by atoms with E-state index in [9.17, 15) is 15.1 Å². The summed E-state index contributed by atoms with van der Waals surface area (Å²) in [6, 6.07) is 14.7. The average Bonchev–Trinajstić information content (AvgIpc) is 2.85. The van der Waals surface area contributed by atoms with Crippen molar-refractivity contribution in [3.8, 4) is 0 Å². The van der Waals surface area contributed by atoms with E-state index in [0.717, 1.165) is 17.5 Å². The van der Waals surface area contributed by atoms with Gasteiger partial charge in [0.05, 0.1) is 5.71 Å². The number of fused-ring (bicyclic) bond motifs is 2. The van der Waals surface area contributed by atoms with Crippen molar-refractivity contribution in [3.05, 3.63) is 65.2 Å². The van der Waals surface area contributed by atoms with Crippen molar-refractivity contribution in [1.29, 1.82) is 0 Å². The summed E-state index contributed by atoms with van der Waals surface area (Å²) < 4.78 is 0. The standard InChI is InChI=1S/C18H16N2O3/c21-17-18(22,13-7-3-4-8-15(13)19-17)14-10-9-11-5-1-2-6-12(11)16(14)20-23/h1-8,14,22-23H,9-10H2,(H,19,21)/t14-,18+/m1/s1. The summed E-state index contributed by atoms with van der Waals surface area (Å²) in [5.41, 5.74) is 1.64. The van der Waals surface area contributed by atoms with Crippen molar-refractivity contribution >= 4 is 17.3 Å². The molecule has 5 nitrogen and oxygen atoms in total. The van der Waals surface area contributed by atoms with Gasteiger partial charge in [-0.05, 0) is 24.5 Å². The molecule has 23 heavy (non-hydrogen) atoms. The van der Waals surface area contributed by atoms with Crippen LogP contribution in [-0.2, 0) is 16.8 Å². The van der Waals surface area contributed by atoms with Crippen molar-refractivity contribution in [2.45, 2.75) is 18.4 Å². The lowest BCUT2D eigenvalue weighted by Crippen LogP contribution is -2.47. The third kappa shape index (κ3) is 1.83. The zero-order valence-electron chi connectivity index (χ0n) is 12.4. The number of carbonyl (C=O) groups is 1. The van der Waals surface area contributed by atoms with Gasteiger partial charge in [0.1, 0.15) is 0 Å². The minimum Gasteiger partial charge on any atom is -0.411 e. The quantitative estimate of drug-likeness (QED) is 0.558. The summed E-state index contributed by atoms with van der Waals surface area (Å²) >= 11 is 0. The van der Waals surface area contributed by atoms with Crippen LogP contribution in [0.15, 0.2) is 53.7 Å². The number of oxime groups is 1. The zero-order chi connectivity index (χ0) is 16.0. The number of nitrogens with one attached hydrogen (secondary N) is 1. The van der Waals surface area contributed by atoms with Crippen LogP contribution < -0.4 is 5.32 Å². The van der Waals surface area contributed by atoms with E-state index in [1.165, 1.54) is 0 Å². The number of anilines is 1. The summed E-state index contributed by atoms with van der Waals surface area (Å²) in [7, 11) is 0. The molecule has 0 radical (unpaired) electrons. The molecule has 2 aromatic rings. The van der Waals surface area contributed by atoms with Crippen LogP contribution in [0.2, 0.25) is 0 Å². The van der Waals surface area contributed by atoms with Gasteiger partial charge in [-0.2, -0.15) is 0 Å². The van der Waals surface area contributed by atoms with Gasteiger partial charge in [-0.3, -0.25) is 4.79 Å². The number of rotatable bonds is 1. The Labute approximate surface area is 133 Å². The van der Waals surface area contributed by atoms with Gasteiger partial charge in [-0.15, -0.1) is 0 Å². The molecule has 0 saturated heterocycles. The summed E-state index contributed by atoms with van der Waals surface area (Å²) in [5.74, 6) is -1.06. The topological polar surface area (TPSA) is 81.9 Å². The second-order valence-corrected chi connectivity index (χ2v) is 6.00. The lowest BCUT2D eigenvalue weighted by molar-refractivity contribution is -0.137. The SMILES string of the molecule is O=C1Nc2ccccc2[C@]1(O)[C@@H]1CCc2ccccc2C1=NO. The van der Waals surface area contributed by atoms with Gasteiger partial charge in [0.2, 0.25) is 0 Å². The van der Waals surface area contributed by atoms with Crippen LogP contribution in [0.3, 0.4) is 0 Å². The third-order valence-corrected chi connectivity index (χ3v) is 4.87. The largest absolute Gasteiger partial charge is 0.411 e. The number of para-hydroxylation sites is 1. The third-order valence-electron chi connectivity index (χ3n) is 4.87. The van der Waals surface area contributed by atoms with Crippen LogP contribution in [0.4, 0.5) is 5.69 Å². The summed E-state index contributed by atoms with van der Waals surface area (Å²) in [4.78, 5) is 12.5. The fourth-order valence-electron chi connectivity index (χ4n) is 3.75. The number of carbonyl (C=O) groups excluding carboxylic acids is 1. The molecule has 1 heterocycles. The van der Waals surface area contributed by atoms with E-state index in [1.807, 2.05) is 30.3 Å². The molecule has 0 unspecified atom stereocenters. The molecule has 4 rings (SSSR count). The number of benzene rings is 2. The van der Waals surface area contributed by atoms with Gasteiger partial charge >= 0.3 is 0 Å². The molecule has 1 aliphatic heterocycles. The molecule has 2 aliphatic rings. The molecule has 2 atom stereocenters. The summed E-state index contributed by atoms with van der Waals surface area (Å²) in [6.45, 7) is 0. The Morgan fingerprint density at radius 1 is 1.13 bits per heavy atom. The highest BCUT2D eigenvalue weighted by Crippen LogP contribution is 2.45. The molecule has 116 valence electrons. The van der Waals surface area contributed by atoms with Crippen molar-refractivity contribution < 1.29 is 15.1 Å². The number of nitrogens with zero attached hydrogens (tertiary/aromatic N) is 1. The van der Waals surface area contributed by atoms with E-state index in [2.05, 4.69) is 10.5 Å². The Kier molecular flexibility index (Phi) is 2.99. The van der Waals surface area contributed by atoms with Crippen molar-refractivity contribution in [1.82, 2.24) is 0 Å². The van der Waals surface area contributed by atoms with E-state index in [1.54, 1.807) is 18.2 Å². The predicted molar refractivity (Wildman–Crippen MR) is 85.5 cm³/mol. The van der Waals surface area contributed by atoms with Gasteiger partial charge < -0.3 is 15.6 Å². The highest BCUT2D eigenvalue weighted by molar-refractivity contribution is 6.12. The molecular formula is C18H16N2O3. The van der Waals surface area contributed by atoms with E-state index in [-0.39, 0.29) is 0 Å². The first kappa shape index (κ1) is 14.0. The van der Waals surface area contributed by atoms with Gasteiger partial charge in [0, 0.05) is 22.7 Å². The maximum absolute atomic E-state index is 12.5. The molecule has 0 bridgehead atoms. The predicted octanol–water partition coefficient (Wildman–Crippen LogP) is 2.27. The van der Waals surface area contributed by atoms with Gasteiger partial charge in [0.25, 0.3) is 5.91 Å². The van der Waals surface area contributed by atoms with Crippen LogP contribution in [-0.4, -0.2) is 21.9 Å². The van der Waals surface area contributed by atoms with E-state index < -0.39 is 17.4 Å². The maximum atomic E-state index is 12.5. The number of aliphatic hydroxyl groups is 1. The minimum atomic E-state index is -1.72. The Balaban J connectivity index is 1.87. The first-order valence-electron chi connectivity index (χ1n) is 7.60. The lowest BCUT2D eigenvalue weighted by atomic mass is 9.71. The second-order valence-electron chi connectivity index (χ2n) is 6.00. The van der Waals surface area contributed by atoms with Crippen LogP contribution in [0.25, 0.3) is 0 Å². The molecule has 5 heteroatoms. The number of amides is 1. The van der Waals surface area contributed by atoms with Gasteiger partial charge in [-0.1, -0.05) is 47.6 Å². The fraction of sp³-hybridized carbons (Fsp3) is 0.222. The summed E-state index contributed by atoms with van der Waals surface area (Å²) in [5, 5.41) is 27.0. The van der Waals surface area contributed by atoms with Gasteiger partial charge in [0.15, 0.2) is 5.60 Å². The molecule has 2 aromatic carbocycles. The zero-order valence-corrected chi connectivity index (χ0v) is 12.4. The Morgan fingerprint density at radius 3 is 2.70 bits per heavy atom. The fourth-order valence-corrected chi connectivity index (χ4v) is 3.75. The van der Waals surface area contributed by atoms with Crippen molar-refractivity contribution in [2.75, 3.05) is 5.32 Å². The highest BCUT2D eigenvalue weighted by Gasteiger charge is 2.54. The first-order chi connectivity index (χ1) is 11.2. The Bertz CT molecular complexity index is 831. The normalized spacial score (nSPS) is 27.4. The van der Waals surface area contributed by atoms with Crippen molar-refractivity contribution in [3.63, 3.8) is 0 Å². The van der Waals surface area contributed by atoms with Crippen LogP contribution in [0.1, 0.15) is 23.1 Å². The molecular weight excluding hydrogens is 292 g/mol. The van der Waals surface area contributed by atoms with E-state index in [4.69, 9.17) is 0 Å². The average molecular weight is 308 g/mol. The Morgan fingerprint density at radius 2 is 1.87 bits per heavy atom. The molecule has 0 aromatic heterocycles. The maximum Gasteiger partial charge on any atom is 0.261 e. The second kappa shape index (κ2) is 4.93. The van der Waals surface area contributed by atoms with E-state index in [0.29, 0.717) is 23.4 Å². The smallest absolute Gasteiger partial charge is 0.261 e. The number of hydrogen-bond donors (Lipinski definition) is 3. The first-order valence-corrected chi connectivity index (χ1v) is 7.60. The van der Waals surface area contributed by atoms with E-state index >= 15 is 0 Å². The summed E-state index contributed by atoms with van der Waals surface area (Å²) in [6.07, 6.45) is 1.26. The minimum absolute atomic E-state index is 0.362.